The molecular weight excluding hydrogens is 142 g/mol. The molecule has 3 heteroatoms. The zero-order valence-electron chi connectivity index (χ0n) is 7.17. The van der Waals surface area contributed by atoms with E-state index in [0.717, 1.165) is 13.0 Å². The number of hydrogen-bond donors (Lipinski definition) is 0. The highest BCUT2D eigenvalue weighted by molar-refractivity contribution is 5.75. The van der Waals surface area contributed by atoms with E-state index in [2.05, 4.69) is 0 Å². The number of nitrogens with zero attached hydrogens (tertiary/aromatic N) is 1. The van der Waals surface area contributed by atoms with Gasteiger partial charge in [0.05, 0.1) is 12.6 Å². The molecule has 1 heterocycles. The summed E-state index contributed by atoms with van der Waals surface area (Å²) in [6, 6.07) is 0.322. The molecule has 0 N–H and O–H groups in total. The number of carbonyl (C=O) groups is 1. The fraction of sp³-hybridized carbons (Fsp3) is 0.875. The predicted octanol–water partition coefficient (Wildman–Crippen LogP) is 0.644. The number of ether oxygens (including phenoxy) is 1. The molecule has 1 saturated heterocycles. The van der Waals surface area contributed by atoms with Gasteiger partial charge in [-0.1, -0.05) is 6.92 Å². The second-order valence-corrected chi connectivity index (χ2v) is 2.88. The van der Waals surface area contributed by atoms with E-state index in [4.69, 9.17) is 4.74 Å². The van der Waals surface area contributed by atoms with Crippen molar-refractivity contribution in [1.82, 2.24) is 4.90 Å². The highest BCUT2D eigenvalue weighted by Gasteiger charge is 2.22. The van der Waals surface area contributed by atoms with Crippen LogP contribution in [0.15, 0.2) is 0 Å². The lowest BCUT2D eigenvalue weighted by atomic mass is 10.2. The molecule has 0 aromatic carbocycles. The quantitative estimate of drug-likeness (QED) is 0.589. The summed E-state index contributed by atoms with van der Waals surface area (Å²) >= 11 is 0. The monoisotopic (exact) mass is 157 g/mol. The van der Waals surface area contributed by atoms with E-state index in [0.29, 0.717) is 19.1 Å². The summed E-state index contributed by atoms with van der Waals surface area (Å²) in [4.78, 5) is 13.0. The molecule has 11 heavy (non-hydrogen) atoms. The van der Waals surface area contributed by atoms with E-state index in [1.54, 1.807) is 4.90 Å². The number of carbonyl (C=O) groups excluding carboxylic acids is 1. The zero-order chi connectivity index (χ0) is 8.27. The van der Waals surface area contributed by atoms with Gasteiger partial charge in [-0.15, -0.1) is 0 Å². The first kappa shape index (κ1) is 8.53. The molecule has 1 fully saturated rings. The van der Waals surface area contributed by atoms with E-state index in [-0.39, 0.29) is 5.91 Å². The van der Waals surface area contributed by atoms with Gasteiger partial charge in [-0.3, -0.25) is 4.79 Å². The first-order valence-corrected chi connectivity index (χ1v) is 4.09. The van der Waals surface area contributed by atoms with Crippen LogP contribution < -0.4 is 0 Å². The highest BCUT2D eigenvalue weighted by atomic mass is 16.5. The predicted molar refractivity (Wildman–Crippen MR) is 42.3 cm³/mol. The normalized spacial score (nSPS) is 23.6. The van der Waals surface area contributed by atoms with Gasteiger partial charge in [-0.05, 0) is 6.42 Å². The van der Waals surface area contributed by atoms with Crippen molar-refractivity contribution in [3.05, 3.63) is 0 Å². The van der Waals surface area contributed by atoms with Crippen LogP contribution in [-0.4, -0.2) is 37.1 Å². The third-order valence-corrected chi connectivity index (χ3v) is 2.15. The van der Waals surface area contributed by atoms with Gasteiger partial charge in [-0.25, -0.2) is 0 Å². The summed E-state index contributed by atoms with van der Waals surface area (Å²) in [6.07, 6.45) is 1.58. The van der Waals surface area contributed by atoms with Gasteiger partial charge in [-0.2, -0.15) is 0 Å². The first-order chi connectivity index (χ1) is 5.25. The van der Waals surface area contributed by atoms with Crippen molar-refractivity contribution in [2.24, 2.45) is 0 Å². The van der Waals surface area contributed by atoms with Crippen LogP contribution >= 0.6 is 0 Å². The lowest BCUT2D eigenvalue weighted by Gasteiger charge is -2.22. The molecule has 1 atom stereocenters. The van der Waals surface area contributed by atoms with Gasteiger partial charge in [0.1, 0.15) is 0 Å². The molecule has 1 rings (SSSR count). The average Bonchev–Trinajstić information content (AvgIpc) is 2.53. The topological polar surface area (TPSA) is 29.5 Å². The minimum atomic E-state index is 0.209. The summed E-state index contributed by atoms with van der Waals surface area (Å²) in [5, 5.41) is 0. The van der Waals surface area contributed by atoms with Crippen LogP contribution in [0.4, 0.5) is 0 Å². The molecule has 0 radical (unpaired) electrons. The standard InChI is InChI=1S/C8H15NO2/c1-3-8(10)9(2)7-4-5-11-6-7/h7H,3-6H2,1-2H3. The number of rotatable bonds is 2. The Morgan fingerprint density at radius 3 is 2.91 bits per heavy atom. The Balaban J connectivity index is 2.39. The molecule has 1 amide bonds. The number of amides is 1. The SMILES string of the molecule is CCC(=O)N(C)C1CCOC1. The molecule has 1 aliphatic rings. The van der Waals surface area contributed by atoms with E-state index in [1.807, 2.05) is 14.0 Å². The first-order valence-electron chi connectivity index (χ1n) is 4.09. The minimum absolute atomic E-state index is 0.209. The van der Waals surface area contributed by atoms with Crippen molar-refractivity contribution >= 4 is 5.91 Å². The molecular formula is C8H15NO2. The van der Waals surface area contributed by atoms with Crippen LogP contribution in [0.1, 0.15) is 19.8 Å². The fourth-order valence-corrected chi connectivity index (χ4v) is 1.28. The van der Waals surface area contributed by atoms with Crippen molar-refractivity contribution in [1.29, 1.82) is 0 Å². The molecule has 0 aliphatic carbocycles. The van der Waals surface area contributed by atoms with E-state index >= 15 is 0 Å². The smallest absolute Gasteiger partial charge is 0.222 e. The van der Waals surface area contributed by atoms with Crippen molar-refractivity contribution in [2.45, 2.75) is 25.8 Å². The van der Waals surface area contributed by atoms with Gasteiger partial charge in [0.2, 0.25) is 5.91 Å². The summed E-state index contributed by atoms with van der Waals surface area (Å²) in [6.45, 7) is 3.39. The maximum absolute atomic E-state index is 11.2. The highest BCUT2D eigenvalue weighted by Crippen LogP contribution is 2.10. The van der Waals surface area contributed by atoms with Crippen molar-refractivity contribution in [3.8, 4) is 0 Å². The fourth-order valence-electron chi connectivity index (χ4n) is 1.28. The third-order valence-electron chi connectivity index (χ3n) is 2.15. The Kier molecular flexibility index (Phi) is 2.88. The molecule has 0 aromatic heterocycles. The maximum Gasteiger partial charge on any atom is 0.222 e. The summed E-state index contributed by atoms with van der Waals surface area (Å²) in [7, 11) is 1.85. The Morgan fingerprint density at radius 2 is 2.45 bits per heavy atom. The Labute approximate surface area is 67.3 Å². The Bertz CT molecular complexity index is 141. The molecule has 0 aromatic rings. The lowest BCUT2D eigenvalue weighted by Crippen LogP contribution is -2.36. The van der Waals surface area contributed by atoms with E-state index in [9.17, 15) is 4.79 Å². The van der Waals surface area contributed by atoms with Gasteiger partial charge in [0.15, 0.2) is 0 Å². The Hall–Kier alpha value is -0.570. The molecule has 3 nitrogen and oxygen atoms in total. The van der Waals surface area contributed by atoms with Gasteiger partial charge in [0, 0.05) is 20.1 Å². The molecule has 0 bridgehead atoms. The van der Waals surface area contributed by atoms with Crippen LogP contribution in [0, 0.1) is 0 Å². The van der Waals surface area contributed by atoms with E-state index < -0.39 is 0 Å². The van der Waals surface area contributed by atoms with Gasteiger partial charge < -0.3 is 9.64 Å². The number of hydrogen-bond acceptors (Lipinski definition) is 2. The summed E-state index contributed by atoms with van der Waals surface area (Å²) in [5.41, 5.74) is 0. The molecule has 0 spiro atoms. The van der Waals surface area contributed by atoms with Crippen LogP contribution in [0.5, 0.6) is 0 Å². The maximum atomic E-state index is 11.2. The third kappa shape index (κ3) is 1.93. The largest absolute Gasteiger partial charge is 0.379 e. The van der Waals surface area contributed by atoms with Crippen molar-refractivity contribution < 1.29 is 9.53 Å². The van der Waals surface area contributed by atoms with E-state index in [1.165, 1.54) is 0 Å². The lowest BCUT2D eigenvalue weighted by molar-refractivity contribution is -0.131. The van der Waals surface area contributed by atoms with Crippen LogP contribution in [0.2, 0.25) is 0 Å². The second kappa shape index (κ2) is 3.72. The average molecular weight is 157 g/mol. The molecule has 1 aliphatic heterocycles. The summed E-state index contributed by atoms with van der Waals surface area (Å²) < 4.78 is 5.18. The van der Waals surface area contributed by atoms with Crippen molar-refractivity contribution in [2.75, 3.05) is 20.3 Å². The molecule has 64 valence electrons. The summed E-state index contributed by atoms with van der Waals surface area (Å²) in [5.74, 6) is 0.209. The van der Waals surface area contributed by atoms with Crippen molar-refractivity contribution in [3.63, 3.8) is 0 Å². The second-order valence-electron chi connectivity index (χ2n) is 2.88. The number of likely N-dealkylation sites (N-methyl/N-ethyl adjacent to an activating group) is 1. The molecule has 0 saturated carbocycles. The van der Waals surface area contributed by atoms with Crippen LogP contribution in [0.25, 0.3) is 0 Å². The zero-order valence-corrected chi connectivity index (χ0v) is 7.17. The minimum Gasteiger partial charge on any atom is -0.379 e. The van der Waals surface area contributed by atoms with Crippen LogP contribution in [-0.2, 0) is 9.53 Å². The van der Waals surface area contributed by atoms with Gasteiger partial charge in [0.25, 0.3) is 0 Å². The van der Waals surface area contributed by atoms with Crippen LogP contribution in [0.3, 0.4) is 0 Å². The van der Waals surface area contributed by atoms with Gasteiger partial charge >= 0.3 is 0 Å². The Morgan fingerprint density at radius 1 is 1.73 bits per heavy atom. The molecule has 1 unspecified atom stereocenters.